The third-order valence-corrected chi connectivity index (χ3v) is 6.62. The molecule has 2 nitrogen and oxygen atoms in total. The minimum atomic E-state index is -3.43. The van der Waals surface area contributed by atoms with Crippen molar-refractivity contribution in [3.63, 3.8) is 0 Å². The fourth-order valence-corrected chi connectivity index (χ4v) is 5.32. The first-order valence-electron chi connectivity index (χ1n) is 5.61. The van der Waals surface area contributed by atoms with Gasteiger partial charge >= 0.3 is 0 Å². The molecule has 0 bridgehead atoms. The first kappa shape index (κ1) is 13.2. The first-order valence-corrected chi connectivity index (χ1v) is 7.91. The molecule has 0 spiro atoms. The van der Waals surface area contributed by atoms with Crippen LogP contribution in [0.2, 0.25) is 0 Å². The van der Waals surface area contributed by atoms with E-state index in [1.807, 2.05) is 0 Å². The molecule has 0 heterocycles. The SMILES string of the molecule is O=S(=O)(c1ccccc1)C1CCCCC1(Cl)Cl. The summed E-state index contributed by atoms with van der Waals surface area (Å²) in [6.45, 7) is 0. The second kappa shape index (κ2) is 4.79. The van der Waals surface area contributed by atoms with Gasteiger partial charge in [0.25, 0.3) is 0 Å². The fourth-order valence-electron chi connectivity index (χ4n) is 2.22. The molecular formula is C12H14Cl2O2S. The molecule has 0 amide bonds. The first-order chi connectivity index (χ1) is 7.94. The highest BCUT2D eigenvalue weighted by atomic mass is 35.5. The molecule has 0 aliphatic heterocycles. The molecule has 17 heavy (non-hydrogen) atoms. The molecule has 94 valence electrons. The van der Waals surface area contributed by atoms with Gasteiger partial charge in [-0.1, -0.05) is 31.0 Å². The summed E-state index contributed by atoms with van der Waals surface area (Å²) in [5.41, 5.74) is 0. The molecular weight excluding hydrogens is 279 g/mol. The van der Waals surface area contributed by atoms with Gasteiger partial charge in [-0.3, -0.25) is 0 Å². The standard InChI is InChI=1S/C12H14Cl2O2S/c13-12(14)9-5-4-8-11(12)17(15,16)10-6-2-1-3-7-10/h1-3,6-7,11H,4-5,8-9H2. The maximum Gasteiger partial charge on any atom is 0.184 e. The summed E-state index contributed by atoms with van der Waals surface area (Å²) in [4.78, 5) is 0.303. The number of alkyl halides is 2. The summed E-state index contributed by atoms with van der Waals surface area (Å²) >= 11 is 12.3. The van der Waals surface area contributed by atoms with Crippen molar-refractivity contribution < 1.29 is 8.42 Å². The van der Waals surface area contributed by atoms with Gasteiger partial charge < -0.3 is 0 Å². The number of rotatable bonds is 2. The predicted molar refractivity (Wildman–Crippen MR) is 70.3 cm³/mol. The molecule has 1 aromatic rings. The van der Waals surface area contributed by atoms with Crippen LogP contribution in [0.25, 0.3) is 0 Å². The van der Waals surface area contributed by atoms with E-state index in [0.29, 0.717) is 17.7 Å². The number of benzene rings is 1. The lowest BCUT2D eigenvalue weighted by atomic mass is 9.99. The highest BCUT2D eigenvalue weighted by molar-refractivity contribution is 7.92. The Morgan fingerprint density at radius 2 is 1.76 bits per heavy atom. The normalized spacial score (nSPS) is 24.5. The molecule has 1 atom stereocenters. The van der Waals surface area contributed by atoms with E-state index < -0.39 is 19.4 Å². The van der Waals surface area contributed by atoms with Gasteiger partial charge in [0.15, 0.2) is 9.84 Å². The van der Waals surface area contributed by atoms with Gasteiger partial charge in [0.1, 0.15) is 4.33 Å². The molecule has 2 rings (SSSR count). The molecule has 5 heteroatoms. The van der Waals surface area contributed by atoms with Gasteiger partial charge in [-0.05, 0) is 25.0 Å². The Balaban J connectivity index is 2.39. The number of hydrogen-bond donors (Lipinski definition) is 0. The molecule has 1 unspecified atom stereocenters. The van der Waals surface area contributed by atoms with Gasteiger partial charge in [-0.15, -0.1) is 23.2 Å². The summed E-state index contributed by atoms with van der Waals surface area (Å²) in [5.74, 6) is 0. The number of halogens is 2. The lowest BCUT2D eigenvalue weighted by Crippen LogP contribution is -2.40. The van der Waals surface area contributed by atoms with Crippen molar-refractivity contribution in [1.82, 2.24) is 0 Å². The summed E-state index contributed by atoms with van der Waals surface area (Å²) in [5, 5.41) is -0.700. The topological polar surface area (TPSA) is 34.1 Å². The van der Waals surface area contributed by atoms with Crippen molar-refractivity contribution in [1.29, 1.82) is 0 Å². The van der Waals surface area contributed by atoms with Gasteiger partial charge in [0.2, 0.25) is 0 Å². The average Bonchev–Trinajstić information content (AvgIpc) is 2.29. The summed E-state index contributed by atoms with van der Waals surface area (Å²) < 4.78 is 23.7. The van der Waals surface area contributed by atoms with Crippen molar-refractivity contribution >= 4 is 33.0 Å². The van der Waals surface area contributed by atoms with Crippen LogP contribution in [0, 0.1) is 0 Å². The molecule has 1 aliphatic rings. The van der Waals surface area contributed by atoms with Crippen molar-refractivity contribution in [2.45, 2.75) is 40.2 Å². The third-order valence-electron chi connectivity index (χ3n) is 3.14. The second-order valence-corrected chi connectivity index (χ2v) is 8.03. The van der Waals surface area contributed by atoms with E-state index in [1.54, 1.807) is 30.3 Å². The van der Waals surface area contributed by atoms with Crippen LogP contribution >= 0.6 is 23.2 Å². The van der Waals surface area contributed by atoms with E-state index in [4.69, 9.17) is 23.2 Å². The van der Waals surface area contributed by atoms with E-state index in [2.05, 4.69) is 0 Å². The van der Waals surface area contributed by atoms with Crippen molar-refractivity contribution in [2.24, 2.45) is 0 Å². The quantitative estimate of drug-likeness (QED) is 0.781. The second-order valence-electron chi connectivity index (χ2n) is 4.35. The van der Waals surface area contributed by atoms with Gasteiger partial charge in [0.05, 0.1) is 10.1 Å². The van der Waals surface area contributed by atoms with E-state index in [0.717, 1.165) is 12.8 Å². The van der Waals surface area contributed by atoms with Gasteiger partial charge in [0, 0.05) is 0 Å². The minimum absolute atomic E-state index is 0.303. The molecule has 1 aliphatic carbocycles. The summed E-state index contributed by atoms with van der Waals surface area (Å²) in [6.07, 6.45) is 2.81. The fraction of sp³-hybridized carbons (Fsp3) is 0.500. The number of sulfone groups is 1. The van der Waals surface area contributed by atoms with Crippen molar-refractivity contribution in [2.75, 3.05) is 0 Å². The minimum Gasteiger partial charge on any atom is -0.223 e. The van der Waals surface area contributed by atoms with Crippen molar-refractivity contribution in [3.8, 4) is 0 Å². The lowest BCUT2D eigenvalue weighted by Gasteiger charge is -2.33. The van der Waals surface area contributed by atoms with E-state index in [-0.39, 0.29) is 0 Å². The molecule has 1 fully saturated rings. The Hall–Kier alpha value is -0.250. The Kier molecular flexibility index (Phi) is 3.71. The average molecular weight is 293 g/mol. The van der Waals surface area contributed by atoms with Crippen LogP contribution in [-0.4, -0.2) is 18.0 Å². The zero-order chi connectivity index (χ0) is 12.5. The summed E-state index contributed by atoms with van der Waals surface area (Å²) in [6, 6.07) is 8.38. The molecule has 0 N–H and O–H groups in total. The predicted octanol–water partition coefficient (Wildman–Crippen LogP) is 3.58. The maximum absolute atomic E-state index is 12.4. The molecule has 1 aromatic carbocycles. The monoisotopic (exact) mass is 292 g/mol. The van der Waals surface area contributed by atoms with Crippen LogP contribution in [0.1, 0.15) is 25.7 Å². The van der Waals surface area contributed by atoms with Crippen LogP contribution in [0.3, 0.4) is 0 Å². The third kappa shape index (κ3) is 2.61. The zero-order valence-electron chi connectivity index (χ0n) is 9.27. The van der Waals surface area contributed by atoms with Crippen LogP contribution in [0.4, 0.5) is 0 Å². The van der Waals surface area contributed by atoms with Crippen LogP contribution in [-0.2, 0) is 9.84 Å². The maximum atomic E-state index is 12.4. The zero-order valence-corrected chi connectivity index (χ0v) is 11.6. The Morgan fingerprint density at radius 3 is 2.35 bits per heavy atom. The smallest absolute Gasteiger partial charge is 0.184 e. The Morgan fingerprint density at radius 1 is 1.12 bits per heavy atom. The molecule has 0 aromatic heterocycles. The highest BCUT2D eigenvalue weighted by Gasteiger charge is 2.45. The summed E-state index contributed by atoms with van der Waals surface area (Å²) in [7, 11) is -3.43. The Bertz CT molecular complexity index is 482. The van der Waals surface area contributed by atoms with Crippen LogP contribution in [0.15, 0.2) is 35.2 Å². The van der Waals surface area contributed by atoms with Crippen LogP contribution < -0.4 is 0 Å². The lowest BCUT2D eigenvalue weighted by molar-refractivity contribution is 0.463. The van der Waals surface area contributed by atoms with E-state index >= 15 is 0 Å². The molecule has 1 saturated carbocycles. The van der Waals surface area contributed by atoms with Crippen molar-refractivity contribution in [3.05, 3.63) is 30.3 Å². The molecule has 0 saturated heterocycles. The highest BCUT2D eigenvalue weighted by Crippen LogP contribution is 2.43. The Labute approximate surface area is 112 Å². The number of hydrogen-bond acceptors (Lipinski definition) is 2. The molecule has 0 radical (unpaired) electrons. The largest absolute Gasteiger partial charge is 0.223 e. The van der Waals surface area contributed by atoms with Gasteiger partial charge in [-0.25, -0.2) is 8.42 Å². The van der Waals surface area contributed by atoms with E-state index in [9.17, 15) is 8.42 Å². The van der Waals surface area contributed by atoms with Crippen LogP contribution in [0.5, 0.6) is 0 Å². The van der Waals surface area contributed by atoms with Gasteiger partial charge in [-0.2, -0.15) is 0 Å². The van der Waals surface area contributed by atoms with E-state index in [1.165, 1.54) is 0 Å².